The first kappa shape index (κ1) is 12.6. The summed E-state index contributed by atoms with van der Waals surface area (Å²) in [5.74, 6) is 1.99. The van der Waals surface area contributed by atoms with Crippen molar-refractivity contribution >= 4 is 0 Å². The van der Waals surface area contributed by atoms with Crippen molar-refractivity contribution in [2.45, 2.75) is 70.3 Å². The van der Waals surface area contributed by atoms with Crippen LogP contribution in [-0.4, -0.2) is 10.1 Å². The molecule has 96 valence electrons. The summed E-state index contributed by atoms with van der Waals surface area (Å²) in [4.78, 5) is 4.49. The van der Waals surface area contributed by atoms with Gasteiger partial charge in [0.15, 0.2) is 5.82 Å². The van der Waals surface area contributed by atoms with Crippen LogP contribution < -0.4 is 5.73 Å². The molecule has 0 saturated heterocycles. The Morgan fingerprint density at radius 3 is 2.65 bits per heavy atom. The van der Waals surface area contributed by atoms with Gasteiger partial charge in [-0.15, -0.1) is 0 Å². The number of nitrogens with two attached hydrogens (primary N) is 1. The first-order chi connectivity index (χ1) is 8.31. The van der Waals surface area contributed by atoms with Crippen LogP contribution in [0.5, 0.6) is 0 Å². The normalized spacial score (nSPS) is 20.1. The lowest BCUT2D eigenvalue weighted by Crippen LogP contribution is -2.10. The Morgan fingerprint density at radius 2 is 2.00 bits per heavy atom. The van der Waals surface area contributed by atoms with Crippen LogP contribution in [0.2, 0.25) is 0 Å². The fraction of sp³-hybridized carbons (Fsp3) is 0.846. The molecule has 1 aromatic rings. The summed E-state index contributed by atoms with van der Waals surface area (Å²) < 4.78 is 5.29. The lowest BCUT2D eigenvalue weighted by Gasteiger charge is -2.07. The van der Waals surface area contributed by atoms with Crippen LogP contribution in [0.4, 0.5) is 0 Å². The van der Waals surface area contributed by atoms with Gasteiger partial charge in [-0.25, -0.2) is 0 Å². The highest BCUT2D eigenvalue weighted by Gasteiger charge is 2.21. The third-order valence-corrected chi connectivity index (χ3v) is 3.59. The van der Waals surface area contributed by atoms with Crippen LogP contribution in [0.15, 0.2) is 4.52 Å². The van der Waals surface area contributed by atoms with Gasteiger partial charge in [0, 0.05) is 5.92 Å². The fourth-order valence-corrected chi connectivity index (χ4v) is 2.54. The average Bonchev–Trinajstić information content (AvgIpc) is 2.66. The second kappa shape index (κ2) is 6.15. The van der Waals surface area contributed by atoms with Crippen LogP contribution in [-0.2, 0) is 0 Å². The molecule has 1 heterocycles. The Balaban J connectivity index is 2.01. The maximum Gasteiger partial charge on any atom is 0.243 e. The third-order valence-electron chi connectivity index (χ3n) is 3.59. The molecule has 2 rings (SSSR count). The van der Waals surface area contributed by atoms with E-state index in [9.17, 15) is 0 Å². The molecule has 1 atom stereocenters. The van der Waals surface area contributed by atoms with E-state index in [1.807, 2.05) is 0 Å². The highest BCUT2D eigenvalue weighted by Crippen LogP contribution is 2.30. The molecule has 1 saturated carbocycles. The second-order valence-corrected chi connectivity index (χ2v) is 5.07. The van der Waals surface area contributed by atoms with E-state index in [2.05, 4.69) is 17.1 Å². The summed E-state index contributed by atoms with van der Waals surface area (Å²) in [6.45, 7) is 2.11. The van der Waals surface area contributed by atoms with Crippen LogP contribution in [0.3, 0.4) is 0 Å². The molecular weight excluding hydrogens is 214 g/mol. The lowest BCUT2D eigenvalue weighted by molar-refractivity contribution is 0.341. The van der Waals surface area contributed by atoms with Gasteiger partial charge in [-0.1, -0.05) is 44.2 Å². The van der Waals surface area contributed by atoms with Gasteiger partial charge in [-0.05, 0) is 19.3 Å². The van der Waals surface area contributed by atoms with Crippen LogP contribution in [0.1, 0.15) is 82.0 Å². The van der Waals surface area contributed by atoms with Gasteiger partial charge in [-0.3, -0.25) is 0 Å². The minimum atomic E-state index is -0.0907. The number of nitrogens with zero attached hydrogens (tertiary/aromatic N) is 2. The number of aromatic nitrogens is 2. The maximum absolute atomic E-state index is 5.98. The topological polar surface area (TPSA) is 64.9 Å². The summed E-state index contributed by atoms with van der Waals surface area (Å²) in [5, 5.41) is 4.12. The number of rotatable bonds is 4. The van der Waals surface area contributed by atoms with Crippen molar-refractivity contribution in [2.75, 3.05) is 0 Å². The van der Waals surface area contributed by atoms with E-state index < -0.39 is 0 Å². The largest absolute Gasteiger partial charge is 0.338 e. The molecule has 0 aliphatic heterocycles. The standard InChI is InChI=1S/C13H23N3O/c1-2-7-11(14)13-15-12(16-17-13)10-8-5-3-4-6-9-10/h10-11H,2-9,14H2,1H3. The highest BCUT2D eigenvalue weighted by atomic mass is 16.5. The van der Waals surface area contributed by atoms with E-state index in [4.69, 9.17) is 10.3 Å². The molecule has 2 N–H and O–H groups in total. The Kier molecular flexibility index (Phi) is 4.54. The summed E-state index contributed by atoms with van der Waals surface area (Å²) in [7, 11) is 0. The Labute approximate surface area is 103 Å². The quantitative estimate of drug-likeness (QED) is 0.816. The van der Waals surface area contributed by atoms with E-state index in [0.717, 1.165) is 18.7 Å². The van der Waals surface area contributed by atoms with Crippen molar-refractivity contribution < 1.29 is 4.52 Å². The molecule has 17 heavy (non-hydrogen) atoms. The molecule has 1 fully saturated rings. The van der Waals surface area contributed by atoms with E-state index >= 15 is 0 Å². The second-order valence-electron chi connectivity index (χ2n) is 5.07. The molecule has 1 unspecified atom stereocenters. The highest BCUT2D eigenvalue weighted by molar-refractivity contribution is 4.98. The summed E-state index contributed by atoms with van der Waals surface area (Å²) in [6, 6.07) is -0.0907. The molecule has 1 aromatic heterocycles. The van der Waals surface area contributed by atoms with E-state index in [0.29, 0.717) is 11.8 Å². The number of hydrogen-bond donors (Lipinski definition) is 1. The Hall–Kier alpha value is -0.900. The van der Waals surface area contributed by atoms with E-state index in [1.165, 1.54) is 38.5 Å². The van der Waals surface area contributed by atoms with Crippen LogP contribution in [0, 0.1) is 0 Å². The average molecular weight is 237 g/mol. The summed E-state index contributed by atoms with van der Waals surface area (Å²) in [6.07, 6.45) is 9.61. The minimum Gasteiger partial charge on any atom is -0.338 e. The van der Waals surface area contributed by atoms with Gasteiger partial charge in [0.05, 0.1) is 6.04 Å². The van der Waals surface area contributed by atoms with Gasteiger partial charge in [0.25, 0.3) is 0 Å². The van der Waals surface area contributed by atoms with Gasteiger partial charge in [0.2, 0.25) is 5.89 Å². The van der Waals surface area contributed by atoms with Gasteiger partial charge in [-0.2, -0.15) is 4.98 Å². The Bertz CT molecular complexity index is 329. The monoisotopic (exact) mass is 237 g/mol. The van der Waals surface area contributed by atoms with Crippen molar-refractivity contribution in [1.29, 1.82) is 0 Å². The predicted molar refractivity (Wildman–Crippen MR) is 66.6 cm³/mol. The molecule has 4 nitrogen and oxygen atoms in total. The Morgan fingerprint density at radius 1 is 1.29 bits per heavy atom. The lowest BCUT2D eigenvalue weighted by atomic mass is 10.00. The molecule has 0 bridgehead atoms. The third kappa shape index (κ3) is 3.28. The van der Waals surface area contributed by atoms with Crippen LogP contribution in [0.25, 0.3) is 0 Å². The molecule has 1 aliphatic carbocycles. The molecule has 0 spiro atoms. The fourth-order valence-electron chi connectivity index (χ4n) is 2.54. The maximum atomic E-state index is 5.98. The molecular formula is C13H23N3O. The predicted octanol–water partition coefficient (Wildman–Crippen LogP) is 3.31. The van der Waals surface area contributed by atoms with Crippen LogP contribution >= 0.6 is 0 Å². The van der Waals surface area contributed by atoms with E-state index in [1.54, 1.807) is 0 Å². The molecule has 1 aliphatic rings. The molecule has 0 amide bonds. The van der Waals surface area contributed by atoms with Crippen molar-refractivity contribution in [1.82, 2.24) is 10.1 Å². The minimum absolute atomic E-state index is 0.0907. The first-order valence-electron chi connectivity index (χ1n) is 6.90. The summed E-state index contributed by atoms with van der Waals surface area (Å²) in [5.41, 5.74) is 5.98. The smallest absolute Gasteiger partial charge is 0.243 e. The van der Waals surface area contributed by atoms with Gasteiger partial charge >= 0.3 is 0 Å². The van der Waals surface area contributed by atoms with Crippen molar-refractivity contribution in [3.63, 3.8) is 0 Å². The zero-order chi connectivity index (χ0) is 12.1. The van der Waals surface area contributed by atoms with Crippen molar-refractivity contribution in [3.8, 4) is 0 Å². The zero-order valence-corrected chi connectivity index (χ0v) is 10.7. The molecule has 4 heteroatoms. The van der Waals surface area contributed by atoms with Crippen molar-refractivity contribution in [3.05, 3.63) is 11.7 Å². The molecule has 0 aromatic carbocycles. The van der Waals surface area contributed by atoms with E-state index in [-0.39, 0.29) is 6.04 Å². The number of hydrogen-bond acceptors (Lipinski definition) is 4. The summed E-state index contributed by atoms with van der Waals surface area (Å²) >= 11 is 0. The SMILES string of the molecule is CCCC(N)c1nc(C2CCCCCC2)no1. The van der Waals surface area contributed by atoms with Gasteiger partial charge in [0.1, 0.15) is 0 Å². The van der Waals surface area contributed by atoms with Gasteiger partial charge < -0.3 is 10.3 Å². The zero-order valence-electron chi connectivity index (χ0n) is 10.7. The molecule has 0 radical (unpaired) electrons. The first-order valence-corrected chi connectivity index (χ1v) is 6.90. The van der Waals surface area contributed by atoms with Crippen molar-refractivity contribution in [2.24, 2.45) is 5.73 Å².